The highest BCUT2D eigenvalue weighted by Crippen LogP contribution is 2.27. The second-order valence-corrected chi connectivity index (χ2v) is 8.31. The third-order valence-electron chi connectivity index (χ3n) is 5.67. The minimum atomic E-state index is -0.0456. The second-order valence-electron chi connectivity index (χ2n) is 8.31. The van der Waals surface area contributed by atoms with Gasteiger partial charge in [-0.15, -0.1) is 0 Å². The van der Waals surface area contributed by atoms with Gasteiger partial charge in [-0.1, -0.05) is 35.4 Å². The first-order chi connectivity index (χ1) is 14.2. The molecule has 1 aliphatic rings. The quantitative estimate of drug-likeness (QED) is 0.809. The molecule has 6 nitrogen and oxygen atoms in total. The smallest absolute Gasteiger partial charge is 0.224 e. The van der Waals surface area contributed by atoms with Gasteiger partial charge in [0.05, 0.1) is 0 Å². The highest BCUT2D eigenvalue weighted by molar-refractivity contribution is 5.82. The van der Waals surface area contributed by atoms with Gasteiger partial charge in [-0.25, -0.2) is 0 Å². The zero-order chi connectivity index (χ0) is 22.0. The molecule has 2 N–H and O–H groups in total. The Hall–Kier alpha value is -3.02. The van der Waals surface area contributed by atoms with E-state index >= 15 is 0 Å². The summed E-state index contributed by atoms with van der Waals surface area (Å²) in [4.78, 5) is 28.9. The van der Waals surface area contributed by atoms with Crippen molar-refractivity contribution in [1.29, 1.82) is 0 Å². The van der Waals surface area contributed by atoms with Crippen molar-refractivity contribution in [2.45, 2.75) is 53.6 Å². The number of aromatic hydroxyl groups is 2. The van der Waals surface area contributed by atoms with Crippen LogP contribution < -0.4 is 0 Å². The Kier molecular flexibility index (Phi) is 6.34. The van der Waals surface area contributed by atoms with Gasteiger partial charge in [-0.2, -0.15) is 0 Å². The van der Waals surface area contributed by atoms with Gasteiger partial charge in [0.15, 0.2) is 0 Å². The number of nitrogens with zero attached hydrogens (tertiary/aromatic N) is 2. The minimum absolute atomic E-state index is 0.0456. The molecule has 0 atom stereocenters. The predicted octanol–water partition coefficient (Wildman–Crippen LogP) is 3.48. The van der Waals surface area contributed by atoms with Gasteiger partial charge in [0.1, 0.15) is 11.5 Å². The topological polar surface area (TPSA) is 81.1 Å². The SMILES string of the molecule is Cc1cc(C)c(O)c(CN2CCC(=O)N(Cc3cc(C)cc(C)c3O)CCC2=O)c1. The van der Waals surface area contributed by atoms with Crippen molar-refractivity contribution in [1.82, 2.24) is 9.80 Å². The van der Waals surface area contributed by atoms with Crippen molar-refractivity contribution in [3.8, 4) is 11.5 Å². The van der Waals surface area contributed by atoms with Crippen LogP contribution in [0.3, 0.4) is 0 Å². The third-order valence-corrected chi connectivity index (χ3v) is 5.67. The molecular weight excluding hydrogens is 380 g/mol. The van der Waals surface area contributed by atoms with E-state index in [1.807, 2.05) is 52.0 Å². The number of hydrogen-bond donors (Lipinski definition) is 2. The maximum atomic E-state index is 12.8. The summed E-state index contributed by atoms with van der Waals surface area (Å²) in [5.41, 5.74) is 5.00. The number of amides is 2. The Morgan fingerprint density at radius 3 is 1.43 bits per heavy atom. The lowest BCUT2D eigenvalue weighted by Gasteiger charge is -2.31. The second kappa shape index (κ2) is 8.78. The standard InChI is InChI=1S/C24H30N2O4/c1-15-9-17(3)23(29)19(11-15)13-25-7-5-22(28)26(8-6-21(25)27)14-20-12-16(2)10-18(4)24(20)30/h9-12,29-30H,5-8,13-14H2,1-4H3. The number of phenols is 2. The number of carbonyl (C=O) groups excluding carboxylic acids is 2. The molecule has 2 aromatic rings. The Balaban J connectivity index is 1.72. The fourth-order valence-corrected chi connectivity index (χ4v) is 4.11. The number of hydrogen-bond acceptors (Lipinski definition) is 4. The summed E-state index contributed by atoms with van der Waals surface area (Å²) in [6.45, 7) is 8.77. The van der Waals surface area contributed by atoms with Crippen molar-refractivity contribution in [3.63, 3.8) is 0 Å². The summed E-state index contributed by atoms with van der Waals surface area (Å²) in [5.74, 6) is 0.314. The molecule has 2 aromatic carbocycles. The summed E-state index contributed by atoms with van der Waals surface area (Å²) >= 11 is 0. The van der Waals surface area contributed by atoms with Crippen molar-refractivity contribution in [3.05, 3.63) is 57.6 Å². The zero-order valence-corrected chi connectivity index (χ0v) is 18.2. The molecule has 1 fully saturated rings. The maximum Gasteiger partial charge on any atom is 0.224 e. The normalized spacial score (nSPS) is 15.3. The Morgan fingerprint density at radius 2 is 1.07 bits per heavy atom. The summed E-state index contributed by atoms with van der Waals surface area (Å²) in [5, 5.41) is 20.7. The minimum Gasteiger partial charge on any atom is -0.507 e. The van der Waals surface area contributed by atoms with E-state index in [2.05, 4.69) is 0 Å². The lowest BCUT2D eigenvalue weighted by Crippen LogP contribution is -2.42. The van der Waals surface area contributed by atoms with Crippen molar-refractivity contribution >= 4 is 11.8 Å². The van der Waals surface area contributed by atoms with Crippen molar-refractivity contribution in [2.24, 2.45) is 0 Å². The van der Waals surface area contributed by atoms with Crippen LogP contribution in [0.15, 0.2) is 24.3 Å². The van der Waals surface area contributed by atoms with E-state index in [0.29, 0.717) is 37.3 Å². The predicted molar refractivity (Wildman–Crippen MR) is 115 cm³/mol. The fraction of sp³-hybridized carbons (Fsp3) is 0.417. The lowest BCUT2D eigenvalue weighted by atomic mass is 10.0. The number of phenolic OH excluding ortho intramolecular Hbond substituents is 2. The summed E-state index contributed by atoms with van der Waals surface area (Å²) in [7, 11) is 0. The van der Waals surface area contributed by atoms with Gasteiger partial charge in [0.2, 0.25) is 11.8 Å². The van der Waals surface area contributed by atoms with Gasteiger partial charge in [-0.3, -0.25) is 9.59 Å². The number of carbonyl (C=O) groups is 2. The summed E-state index contributed by atoms with van der Waals surface area (Å²) < 4.78 is 0. The van der Waals surface area contributed by atoms with E-state index in [1.54, 1.807) is 9.80 Å². The van der Waals surface area contributed by atoms with E-state index in [4.69, 9.17) is 0 Å². The summed E-state index contributed by atoms with van der Waals surface area (Å²) in [6.07, 6.45) is 0.422. The molecule has 2 amide bonds. The Labute approximate surface area is 177 Å². The third kappa shape index (κ3) is 4.75. The Bertz CT molecular complexity index is 904. The fourth-order valence-electron chi connectivity index (χ4n) is 4.11. The van der Waals surface area contributed by atoms with Crippen LogP contribution in [-0.4, -0.2) is 44.9 Å². The molecule has 3 rings (SSSR count). The summed E-state index contributed by atoms with van der Waals surface area (Å²) in [6, 6.07) is 7.56. The average Bonchev–Trinajstić information content (AvgIpc) is 2.67. The van der Waals surface area contributed by atoms with E-state index in [0.717, 1.165) is 22.3 Å². The van der Waals surface area contributed by atoms with Crippen LogP contribution in [0.4, 0.5) is 0 Å². The van der Waals surface area contributed by atoms with E-state index in [-0.39, 0.29) is 36.2 Å². The van der Waals surface area contributed by atoms with E-state index < -0.39 is 0 Å². The molecule has 1 saturated heterocycles. The van der Waals surface area contributed by atoms with Crippen LogP contribution in [0, 0.1) is 27.7 Å². The number of rotatable bonds is 4. The lowest BCUT2D eigenvalue weighted by molar-refractivity contribution is -0.139. The van der Waals surface area contributed by atoms with Gasteiger partial charge in [0.25, 0.3) is 0 Å². The molecule has 0 aliphatic carbocycles. The molecule has 1 aliphatic heterocycles. The van der Waals surface area contributed by atoms with Gasteiger partial charge in [-0.05, 0) is 38.8 Å². The van der Waals surface area contributed by atoms with E-state index in [9.17, 15) is 19.8 Å². The molecule has 0 bridgehead atoms. The van der Waals surface area contributed by atoms with Crippen molar-refractivity contribution < 1.29 is 19.8 Å². The average molecular weight is 411 g/mol. The largest absolute Gasteiger partial charge is 0.507 e. The van der Waals surface area contributed by atoms with Crippen molar-refractivity contribution in [2.75, 3.05) is 13.1 Å². The molecule has 0 saturated carbocycles. The van der Waals surface area contributed by atoms with E-state index in [1.165, 1.54) is 0 Å². The van der Waals surface area contributed by atoms with Gasteiger partial charge < -0.3 is 20.0 Å². The molecule has 1 heterocycles. The van der Waals surface area contributed by atoms with Crippen LogP contribution in [-0.2, 0) is 22.7 Å². The molecular formula is C24H30N2O4. The van der Waals surface area contributed by atoms with Gasteiger partial charge >= 0.3 is 0 Å². The number of aryl methyl sites for hydroxylation is 4. The highest BCUT2D eigenvalue weighted by Gasteiger charge is 2.25. The highest BCUT2D eigenvalue weighted by atomic mass is 16.3. The molecule has 6 heteroatoms. The molecule has 0 radical (unpaired) electrons. The van der Waals surface area contributed by atoms with Crippen LogP contribution in [0.1, 0.15) is 46.2 Å². The first-order valence-electron chi connectivity index (χ1n) is 10.3. The first kappa shape index (κ1) is 21.7. The van der Waals surface area contributed by atoms with Crippen LogP contribution in [0.2, 0.25) is 0 Å². The van der Waals surface area contributed by atoms with Gasteiger partial charge in [0, 0.05) is 50.1 Å². The molecule has 30 heavy (non-hydrogen) atoms. The number of benzene rings is 2. The molecule has 0 spiro atoms. The molecule has 160 valence electrons. The Morgan fingerprint density at radius 1 is 0.700 bits per heavy atom. The van der Waals surface area contributed by atoms with Crippen LogP contribution >= 0.6 is 0 Å². The first-order valence-corrected chi connectivity index (χ1v) is 10.3. The van der Waals surface area contributed by atoms with Crippen LogP contribution in [0.25, 0.3) is 0 Å². The maximum absolute atomic E-state index is 12.8. The zero-order valence-electron chi connectivity index (χ0n) is 18.2. The van der Waals surface area contributed by atoms with Crippen LogP contribution in [0.5, 0.6) is 11.5 Å². The molecule has 0 aromatic heterocycles. The molecule has 0 unspecified atom stereocenters. The monoisotopic (exact) mass is 410 g/mol.